The number of H-pyrrole nitrogens is 1. The van der Waals surface area contributed by atoms with Crippen molar-refractivity contribution in [1.82, 2.24) is 25.4 Å². The van der Waals surface area contributed by atoms with Crippen molar-refractivity contribution in [1.29, 1.82) is 0 Å². The molecule has 6 nitrogen and oxygen atoms in total. The molecular weight excluding hydrogens is 338 g/mol. The molecule has 0 unspecified atom stereocenters. The average Bonchev–Trinajstić information content (AvgIpc) is 3.00. The zero-order valence-corrected chi connectivity index (χ0v) is 16.4. The quantitative estimate of drug-likeness (QED) is 0.664. The molecule has 1 atom stereocenters. The van der Waals surface area contributed by atoms with E-state index in [0.29, 0.717) is 6.04 Å². The minimum absolute atomic E-state index is 0.101. The lowest BCUT2D eigenvalue weighted by Gasteiger charge is -2.43. The second-order valence-electron chi connectivity index (χ2n) is 8.26. The van der Waals surface area contributed by atoms with Crippen LogP contribution in [0.2, 0.25) is 0 Å². The van der Waals surface area contributed by atoms with Crippen molar-refractivity contribution in [2.75, 3.05) is 13.1 Å². The topological polar surface area (TPSA) is 77.1 Å². The van der Waals surface area contributed by atoms with Crippen LogP contribution >= 0.6 is 0 Å². The van der Waals surface area contributed by atoms with Gasteiger partial charge in [0.1, 0.15) is 5.75 Å². The van der Waals surface area contributed by atoms with Gasteiger partial charge in [0.05, 0.1) is 11.4 Å². The van der Waals surface area contributed by atoms with Gasteiger partial charge in [0, 0.05) is 42.2 Å². The SMILES string of the molecule is Cc1n[nH]c2nc(-c3ccc(O)cc3)cc(CN3CC(C)(C)NC[C@H]3C)c12. The van der Waals surface area contributed by atoms with Crippen molar-refractivity contribution in [2.45, 2.75) is 45.8 Å². The van der Waals surface area contributed by atoms with Crippen LogP contribution < -0.4 is 5.32 Å². The van der Waals surface area contributed by atoms with Gasteiger partial charge in [-0.2, -0.15) is 5.10 Å². The molecule has 2 aromatic heterocycles. The Bertz CT molecular complexity index is 961. The molecule has 3 aromatic rings. The summed E-state index contributed by atoms with van der Waals surface area (Å²) in [5.41, 5.74) is 5.00. The number of aromatic amines is 1. The predicted octanol–water partition coefficient (Wildman–Crippen LogP) is 3.21. The summed E-state index contributed by atoms with van der Waals surface area (Å²) < 4.78 is 0. The summed E-state index contributed by atoms with van der Waals surface area (Å²) in [5, 5.41) is 21.8. The molecule has 1 aliphatic rings. The van der Waals surface area contributed by atoms with Crippen molar-refractivity contribution in [3.8, 4) is 17.0 Å². The summed E-state index contributed by atoms with van der Waals surface area (Å²) in [6.45, 7) is 11.6. The van der Waals surface area contributed by atoms with Gasteiger partial charge < -0.3 is 10.4 Å². The van der Waals surface area contributed by atoms with Gasteiger partial charge in [-0.05, 0) is 63.6 Å². The zero-order chi connectivity index (χ0) is 19.2. The normalized spacial score (nSPS) is 20.2. The lowest BCUT2D eigenvalue weighted by molar-refractivity contribution is 0.0982. The van der Waals surface area contributed by atoms with Crippen LogP contribution in [0.15, 0.2) is 30.3 Å². The van der Waals surface area contributed by atoms with E-state index in [1.165, 1.54) is 5.56 Å². The van der Waals surface area contributed by atoms with E-state index < -0.39 is 0 Å². The Morgan fingerprint density at radius 1 is 1.26 bits per heavy atom. The number of fused-ring (bicyclic) bond motifs is 1. The lowest BCUT2D eigenvalue weighted by Crippen LogP contribution is -2.60. The number of benzene rings is 1. The van der Waals surface area contributed by atoms with Gasteiger partial charge in [-0.15, -0.1) is 0 Å². The Balaban J connectivity index is 1.76. The molecule has 3 N–H and O–H groups in total. The number of hydrogen-bond acceptors (Lipinski definition) is 5. The Kier molecular flexibility index (Phi) is 4.40. The number of hydrogen-bond donors (Lipinski definition) is 3. The van der Waals surface area contributed by atoms with Crippen LogP contribution in [0.3, 0.4) is 0 Å². The van der Waals surface area contributed by atoms with Crippen molar-refractivity contribution in [3.05, 3.63) is 41.6 Å². The van der Waals surface area contributed by atoms with E-state index in [4.69, 9.17) is 4.98 Å². The van der Waals surface area contributed by atoms with E-state index in [9.17, 15) is 5.11 Å². The van der Waals surface area contributed by atoms with Crippen LogP contribution in [0, 0.1) is 6.92 Å². The fraction of sp³-hybridized carbons (Fsp3) is 0.429. The molecule has 1 fully saturated rings. The highest BCUT2D eigenvalue weighted by Crippen LogP contribution is 2.29. The van der Waals surface area contributed by atoms with E-state index in [2.05, 4.69) is 47.3 Å². The minimum atomic E-state index is 0.101. The maximum Gasteiger partial charge on any atom is 0.156 e. The van der Waals surface area contributed by atoms with Crippen LogP contribution in [0.1, 0.15) is 32.0 Å². The largest absolute Gasteiger partial charge is 0.508 e. The molecule has 0 bridgehead atoms. The number of aromatic hydroxyl groups is 1. The molecule has 0 aliphatic carbocycles. The number of rotatable bonds is 3. The number of nitrogens with zero attached hydrogens (tertiary/aromatic N) is 3. The van der Waals surface area contributed by atoms with Crippen LogP contribution in [0.5, 0.6) is 5.75 Å². The van der Waals surface area contributed by atoms with Gasteiger partial charge >= 0.3 is 0 Å². The van der Waals surface area contributed by atoms with Gasteiger partial charge in [0.15, 0.2) is 5.65 Å². The Morgan fingerprint density at radius 3 is 2.74 bits per heavy atom. The molecule has 0 amide bonds. The minimum Gasteiger partial charge on any atom is -0.508 e. The second-order valence-corrected chi connectivity index (χ2v) is 8.26. The number of aryl methyl sites for hydroxylation is 1. The molecule has 6 heteroatoms. The second kappa shape index (κ2) is 6.62. The molecule has 27 heavy (non-hydrogen) atoms. The number of phenols is 1. The molecule has 1 saturated heterocycles. The first kappa shape index (κ1) is 17.9. The summed E-state index contributed by atoms with van der Waals surface area (Å²) in [7, 11) is 0. The third-order valence-electron chi connectivity index (χ3n) is 5.43. The molecule has 0 saturated carbocycles. The summed E-state index contributed by atoms with van der Waals surface area (Å²) in [6, 6.07) is 9.81. The highest BCUT2D eigenvalue weighted by molar-refractivity contribution is 5.84. The first-order valence-electron chi connectivity index (χ1n) is 9.45. The monoisotopic (exact) mass is 365 g/mol. The van der Waals surface area contributed by atoms with E-state index >= 15 is 0 Å². The molecule has 1 aliphatic heterocycles. The van der Waals surface area contributed by atoms with E-state index in [1.807, 2.05) is 19.1 Å². The van der Waals surface area contributed by atoms with Gasteiger partial charge in [0.2, 0.25) is 0 Å². The molecule has 142 valence electrons. The standard InChI is InChI=1S/C21H27N5O/c1-13-10-22-21(3,4)12-26(13)11-16-9-18(15-5-7-17(27)8-6-15)23-20-19(16)14(2)24-25-20/h5-9,13,22,27H,10-12H2,1-4H3,(H,23,24,25)/t13-/m1/s1. The van der Waals surface area contributed by atoms with Crippen molar-refractivity contribution >= 4 is 11.0 Å². The predicted molar refractivity (Wildman–Crippen MR) is 108 cm³/mol. The van der Waals surface area contributed by atoms with Gasteiger partial charge in [0.25, 0.3) is 0 Å². The average molecular weight is 365 g/mol. The first-order chi connectivity index (χ1) is 12.8. The molecule has 0 spiro atoms. The van der Waals surface area contributed by atoms with Crippen molar-refractivity contribution < 1.29 is 5.11 Å². The van der Waals surface area contributed by atoms with Crippen LogP contribution in [0.4, 0.5) is 0 Å². The summed E-state index contributed by atoms with van der Waals surface area (Å²) in [6.07, 6.45) is 0. The highest BCUT2D eigenvalue weighted by Gasteiger charge is 2.30. The maximum atomic E-state index is 9.58. The number of phenolic OH excluding ortho intramolecular Hbond substituents is 1. The maximum absolute atomic E-state index is 9.58. The molecule has 0 radical (unpaired) electrons. The third kappa shape index (κ3) is 3.55. The summed E-state index contributed by atoms with van der Waals surface area (Å²) >= 11 is 0. The fourth-order valence-corrected chi connectivity index (χ4v) is 3.88. The van der Waals surface area contributed by atoms with E-state index in [1.54, 1.807) is 12.1 Å². The lowest BCUT2D eigenvalue weighted by atomic mass is 9.97. The smallest absolute Gasteiger partial charge is 0.156 e. The van der Waals surface area contributed by atoms with Gasteiger partial charge in [-0.1, -0.05) is 0 Å². The first-order valence-corrected chi connectivity index (χ1v) is 9.45. The van der Waals surface area contributed by atoms with Gasteiger partial charge in [-0.3, -0.25) is 10.00 Å². The number of piperazine rings is 1. The molecular formula is C21H27N5O. The summed E-state index contributed by atoms with van der Waals surface area (Å²) in [4.78, 5) is 7.29. The number of aromatic nitrogens is 3. The fourth-order valence-electron chi connectivity index (χ4n) is 3.88. The number of pyridine rings is 1. The summed E-state index contributed by atoms with van der Waals surface area (Å²) in [5.74, 6) is 0.259. The molecule has 4 rings (SSSR count). The molecule has 3 heterocycles. The Morgan fingerprint density at radius 2 is 2.00 bits per heavy atom. The van der Waals surface area contributed by atoms with Gasteiger partial charge in [-0.25, -0.2) is 4.98 Å². The highest BCUT2D eigenvalue weighted by atomic mass is 16.3. The van der Waals surface area contributed by atoms with Crippen LogP contribution in [-0.4, -0.2) is 49.9 Å². The van der Waals surface area contributed by atoms with Crippen molar-refractivity contribution in [2.24, 2.45) is 0 Å². The Hall–Kier alpha value is -2.44. The van der Waals surface area contributed by atoms with E-state index in [0.717, 1.165) is 47.6 Å². The zero-order valence-electron chi connectivity index (χ0n) is 16.4. The van der Waals surface area contributed by atoms with Crippen LogP contribution in [-0.2, 0) is 6.54 Å². The number of nitrogens with one attached hydrogen (secondary N) is 2. The molecule has 1 aromatic carbocycles. The van der Waals surface area contributed by atoms with Crippen molar-refractivity contribution in [3.63, 3.8) is 0 Å². The Labute approximate surface area is 159 Å². The third-order valence-corrected chi connectivity index (χ3v) is 5.43. The van der Waals surface area contributed by atoms with E-state index in [-0.39, 0.29) is 11.3 Å². The van der Waals surface area contributed by atoms with Crippen LogP contribution in [0.25, 0.3) is 22.3 Å².